The molecule has 5 heteroatoms. The van der Waals surface area contributed by atoms with Crippen molar-refractivity contribution in [1.82, 2.24) is 0 Å². The Morgan fingerprint density at radius 3 is 2.69 bits per heavy atom. The molecule has 1 heterocycles. The number of aliphatic imine (C=N–C) groups is 1. The summed E-state index contributed by atoms with van der Waals surface area (Å²) in [5.74, 6) is 0. The Bertz CT molecular complexity index is 296. The van der Waals surface area contributed by atoms with Crippen molar-refractivity contribution >= 4 is 23.1 Å². The standard InChI is InChI=1S/C11H17NO3S/c1-2-14-10-12-9(13)15-11(16-10)7-5-3-4-6-8-11/h2-8H2,1H3. The first-order valence-electron chi connectivity index (χ1n) is 5.87. The van der Waals surface area contributed by atoms with E-state index in [4.69, 9.17) is 9.47 Å². The Hall–Kier alpha value is -0.710. The summed E-state index contributed by atoms with van der Waals surface area (Å²) in [6.45, 7) is 2.43. The second-order valence-electron chi connectivity index (χ2n) is 4.11. The van der Waals surface area contributed by atoms with Crippen molar-refractivity contribution in [1.29, 1.82) is 0 Å². The average molecular weight is 243 g/mol. The monoisotopic (exact) mass is 243 g/mol. The molecule has 1 saturated carbocycles. The lowest BCUT2D eigenvalue weighted by Crippen LogP contribution is -2.35. The van der Waals surface area contributed by atoms with E-state index in [1.54, 1.807) is 0 Å². The molecular formula is C11H17NO3S. The Labute approximate surface area is 99.8 Å². The van der Waals surface area contributed by atoms with E-state index in [2.05, 4.69) is 4.99 Å². The SMILES string of the molecule is CCOC1=NC(=O)OC2(CCCCCC2)S1. The van der Waals surface area contributed by atoms with Gasteiger partial charge in [-0.05, 0) is 44.4 Å². The molecule has 0 radical (unpaired) electrons. The highest BCUT2D eigenvalue weighted by atomic mass is 32.2. The van der Waals surface area contributed by atoms with Crippen LogP contribution >= 0.6 is 11.8 Å². The van der Waals surface area contributed by atoms with E-state index in [1.807, 2.05) is 6.92 Å². The van der Waals surface area contributed by atoms with E-state index in [1.165, 1.54) is 24.6 Å². The summed E-state index contributed by atoms with van der Waals surface area (Å²) in [6.07, 6.45) is 6.00. The molecule has 0 aromatic heterocycles. The third-order valence-electron chi connectivity index (χ3n) is 2.86. The number of thioether (sulfide) groups is 1. The summed E-state index contributed by atoms with van der Waals surface area (Å²) < 4.78 is 10.8. The van der Waals surface area contributed by atoms with E-state index < -0.39 is 11.0 Å². The third-order valence-corrected chi connectivity index (χ3v) is 4.11. The minimum atomic E-state index is -0.496. The van der Waals surface area contributed by atoms with Crippen LogP contribution in [-0.2, 0) is 9.47 Å². The van der Waals surface area contributed by atoms with Crippen molar-refractivity contribution in [2.45, 2.75) is 50.4 Å². The van der Waals surface area contributed by atoms with Gasteiger partial charge in [-0.15, -0.1) is 4.99 Å². The molecule has 1 amide bonds. The second-order valence-corrected chi connectivity index (χ2v) is 5.40. The summed E-state index contributed by atoms with van der Waals surface area (Å²) in [5, 5.41) is 0.473. The van der Waals surface area contributed by atoms with Gasteiger partial charge in [0, 0.05) is 0 Å². The molecule has 0 saturated heterocycles. The number of carbonyl (C=O) groups excluding carboxylic acids is 1. The average Bonchev–Trinajstić information content (AvgIpc) is 2.43. The van der Waals surface area contributed by atoms with Gasteiger partial charge in [0.15, 0.2) is 4.93 Å². The number of rotatable bonds is 1. The van der Waals surface area contributed by atoms with Crippen molar-refractivity contribution in [2.75, 3.05) is 6.61 Å². The van der Waals surface area contributed by atoms with Crippen molar-refractivity contribution in [3.05, 3.63) is 0 Å². The Kier molecular flexibility index (Phi) is 3.74. The predicted octanol–water partition coefficient (Wildman–Crippen LogP) is 3.31. The van der Waals surface area contributed by atoms with Crippen LogP contribution in [0.5, 0.6) is 0 Å². The number of ether oxygens (including phenoxy) is 2. The van der Waals surface area contributed by atoms with E-state index in [-0.39, 0.29) is 0 Å². The maximum absolute atomic E-state index is 11.4. The fourth-order valence-corrected chi connectivity index (χ4v) is 3.34. The lowest BCUT2D eigenvalue weighted by Gasteiger charge is -2.33. The van der Waals surface area contributed by atoms with Crippen LogP contribution in [0.15, 0.2) is 4.99 Å². The Morgan fingerprint density at radius 1 is 1.38 bits per heavy atom. The molecule has 0 N–H and O–H groups in total. The van der Waals surface area contributed by atoms with Crippen LogP contribution in [0.25, 0.3) is 0 Å². The topological polar surface area (TPSA) is 47.9 Å². The van der Waals surface area contributed by atoms with Crippen molar-refractivity contribution in [3.8, 4) is 0 Å². The molecule has 1 aliphatic carbocycles. The maximum Gasteiger partial charge on any atom is 0.438 e. The van der Waals surface area contributed by atoms with E-state index >= 15 is 0 Å². The van der Waals surface area contributed by atoms with Gasteiger partial charge in [0.1, 0.15) is 0 Å². The fourth-order valence-electron chi connectivity index (χ4n) is 2.12. The van der Waals surface area contributed by atoms with Crippen LogP contribution in [0.3, 0.4) is 0 Å². The highest BCUT2D eigenvalue weighted by Crippen LogP contribution is 2.43. The number of amides is 1. The van der Waals surface area contributed by atoms with Crippen molar-refractivity contribution < 1.29 is 14.3 Å². The molecule has 0 bridgehead atoms. The molecule has 0 aromatic carbocycles. The first kappa shape index (κ1) is 11.8. The van der Waals surface area contributed by atoms with E-state index in [0.29, 0.717) is 11.8 Å². The zero-order chi connectivity index (χ0) is 11.4. The number of hydrogen-bond acceptors (Lipinski definition) is 4. The van der Waals surface area contributed by atoms with E-state index in [9.17, 15) is 4.79 Å². The molecule has 16 heavy (non-hydrogen) atoms. The van der Waals surface area contributed by atoms with Crippen LogP contribution in [-0.4, -0.2) is 22.9 Å². The minimum absolute atomic E-state index is 0.403. The van der Waals surface area contributed by atoms with Gasteiger partial charge in [0.2, 0.25) is 0 Å². The molecule has 2 aliphatic rings. The Balaban J connectivity index is 2.10. The van der Waals surface area contributed by atoms with Gasteiger partial charge >= 0.3 is 6.09 Å². The maximum atomic E-state index is 11.4. The molecule has 0 atom stereocenters. The van der Waals surface area contributed by atoms with Gasteiger partial charge in [0.25, 0.3) is 5.23 Å². The molecule has 2 rings (SSSR count). The normalized spacial score (nSPS) is 24.6. The first-order valence-corrected chi connectivity index (χ1v) is 6.69. The zero-order valence-corrected chi connectivity index (χ0v) is 10.3. The van der Waals surface area contributed by atoms with Crippen molar-refractivity contribution in [2.24, 2.45) is 4.99 Å². The van der Waals surface area contributed by atoms with Gasteiger partial charge in [-0.3, -0.25) is 0 Å². The smallest absolute Gasteiger partial charge is 0.438 e. The van der Waals surface area contributed by atoms with Crippen LogP contribution in [0.4, 0.5) is 4.79 Å². The molecular weight excluding hydrogens is 226 g/mol. The van der Waals surface area contributed by atoms with Gasteiger partial charge in [-0.1, -0.05) is 12.8 Å². The molecule has 1 fully saturated rings. The van der Waals surface area contributed by atoms with Crippen LogP contribution in [0.2, 0.25) is 0 Å². The van der Waals surface area contributed by atoms with Gasteiger partial charge < -0.3 is 9.47 Å². The van der Waals surface area contributed by atoms with Gasteiger partial charge in [-0.2, -0.15) is 0 Å². The fraction of sp³-hybridized carbons (Fsp3) is 0.818. The van der Waals surface area contributed by atoms with Gasteiger partial charge in [0.05, 0.1) is 6.61 Å². The molecule has 0 unspecified atom stereocenters. The van der Waals surface area contributed by atoms with Crippen LogP contribution in [0.1, 0.15) is 45.4 Å². The summed E-state index contributed by atoms with van der Waals surface area (Å²) in [7, 11) is 0. The quantitative estimate of drug-likeness (QED) is 0.709. The minimum Gasteiger partial charge on any atom is -0.473 e. The van der Waals surface area contributed by atoms with Crippen LogP contribution < -0.4 is 0 Å². The molecule has 1 spiro atoms. The second kappa shape index (κ2) is 5.08. The highest BCUT2D eigenvalue weighted by molar-refractivity contribution is 8.14. The zero-order valence-electron chi connectivity index (χ0n) is 9.53. The lowest BCUT2D eigenvalue weighted by atomic mass is 10.1. The molecule has 1 aliphatic heterocycles. The Morgan fingerprint density at radius 2 is 2.06 bits per heavy atom. The largest absolute Gasteiger partial charge is 0.473 e. The summed E-state index contributed by atoms with van der Waals surface area (Å²) >= 11 is 1.48. The lowest BCUT2D eigenvalue weighted by molar-refractivity contribution is 0.0718. The first-order chi connectivity index (χ1) is 7.74. The number of carbonyl (C=O) groups is 1. The van der Waals surface area contributed by atoms with Gasteiger partial charge in [-0.25, -0.2) is 4.79 Å². The summed E-state index contributed by atoms with van der Waals surface area (Å²) in [5.41, 5.74) is 0. The molecule has 90 valence electrons. The van der Waals surface area contributed by atoms with Crippen LogP contribution in [0, 0.1) is 0 Å². The molecule has 4 nitrogen and oxygen atoms in total. The third kappa shape index (κ3) is 2.70. The predicted molar refractivity (Wildman–Crippen MR) is 63.6 cm³/mol. The summed E-state index contributed by atoms with van der Waals surface area (Å²) in [6, 6.07) is 0. The number of hydrogen-bond donors (Lipinski definition) is 0. The number of nitrogens with zero attached hydrogens (tertiary/aromatic N) is 1. The van der Waals surface area contributed by atoms with Crippen molar-refractivity contribution in [3.63, 3.8) is 0 Å². The molecule has 0 aromatic rings. The van der Waals surface area contributed by atoms with E-state index in [0.717, 1.165) is 25.7 Å². The summed E-state index contributed by atoms with van der Waals surface area (Å²) in [4.78, 5) is 14.8. The highest BCUT2D eigenvalue weighted by Gasteiger charge is 2.41.